The van der Waals surface area contributed by atoms with E-state index in [4.69, 9.17) is 5.11 Å². The molecule has 0 aromatic heterocycles. The minimum absolute atomic E-state index is 0.00119. The first-order valence-electron chi connectivity index (χ1n) is 6.89. The van der Waals surface area contributed by atoms with Crippen molar-refractivity contribution in [2.45, 2.75) is 32.4 Å². The van der Waals surface area contributed by atoms with E-state index >= 15 is 0 Å². The predicted octanol–water partition coefficient (Wildman–Crippen LogP) is 1.01. The lowest BCUT2D eigenvalue weighted by atomic mass is 10.1. The van der Waals surface area contributed by atoms with E-state index in [2.05, 4.69) is 5.32 Å². The third-order valence-corrected chi connectivity index (χ3v) is 3.48. The Hall–Kier alpha value is -2.37. The highest BCUT2D eigenvalue weighted by atomic mass is 16.4. The van der Waals surface area contributed by atoms with Crippen molar-refractivity contribution >= 4 is 17.8 Å². The number of amides is 2. The topological polar surface area (TPSA) is 86.7 Å². The molecule has 2 N–H and O–H groups in total. The zero-order valence-electron chi connectivity index (χ0n) is 11.8. The van der Waals surface area contributed by atoms with Crippen LogP contribution < -0.4 is 5.32 Å². The van der Waals surface area contributed by atoms with Crippen LogP contribution >= 0.6 is 0 Å². The van der Waals surface area contributed by atoms with E-state index in [-0.39, 0.29) is 23.4 Å². The summed E-state index contributed by atoms with van der Waals surface area (Å²) in [4.78, 5) is 35.7. The second-order valence-corrected chi connectivity index (χ2v) is 5.10. The number of carbonyl (C=O) groups excluding carboxylic acids is 2. The summed E-state index contributed by atoms with van der Waals surface area (Å²) in [6.45, 7) is 2.69. The van der Waals surface area contributed by atoms with Gasteiger partial charge in [0.1, 0.15) is 0 Å². The average molecular weight is 290 g/mol. The number of hydrogen-bond acceptors (Lipinski definition) is 3. The van der Waals surface area contributed by atoms with Gasteiger partial charge in [-0.2, -0.15) is 0 Å². The molecule has 1 aromatic rings. The summed E-state index contributed by atoms with van der Waals surface area (Å²) in [5.41, 5.74) is 1.09. The Morgan fingerprint density at radius 3 is 2.57 bits per heavy atom. The molecule has 0 spiro atoms. The number of hydrogen-bond donors (Lipinski definition) is 2. The maximum atomic E-state index is 11.9. The zero-order valence-corrected chi connectivity index (χ0v) is 11.8. The van der Waals surface area contributed by atoms with Crippen LogP contribution in [0.15, 0.2) is 24.3 Å². The number of aromatic carboxylic acids is 1. The fourth-order valence-electron chi connectivity index (χ4n) is 2.32. The molecule has 2 amide bonds. The summed E-state index contributed by atoms with van der Waals surface area (Å²) >= 11 is 0. The summed E-state index contributed by atoms with van der Waals surface area (Å²) in [7, 11) is 0. The molecule has 1 aliphatic rings. The van der Waals surface area contributed by atoms with Crippen molar-refractivity contribution in [3.8, 4) is 0 Å². The van der Waals surface area contributed by atoms with Crippen LogP contribution in [0.2, 0.25) is 0 Å². The molecule has 0 aliphatic carbocycles. The molecule has 1 heterocycles. The Morgan fingerprint density at radius 2 is 2.00 bits per heavy atom. The number of rotatable bonds is 5. The van der Waals surface area contributed by atoms with E-state index in [1.807, 2.05) is 0 Å². The van der Waals surface area contributed by atoms with Crippen molar-refractivity contribution in [2.24, 2.45) is 0 Å². The minimum Gasteiger partial charge on any atom is -0.478 e. The van der Waals surface area contributed by atoms with Gasteiger partial charge in [0.05, 0.1) is 11.6 Å². The molecule has 1 unspecified atom stereocenters. The van der Waals surface area contributed by atoms with Gasteiger partial charge in [0.15, 0.2) is 0 Å². The van der Waals surface area contributed by atoms with Crippen molar-refractivity contribution in [2.75, 3.05) is 6.54 Å². The van der Waals surface area contributed by atoms with E-state index in [1.165, 1.54) is 12.1 Å². The van der Waals surface area contributed by atoms with Gasteiger partial charge in [0.2, 0.25) is 11.8 Å². The number of carbonyl (C=O) groups is 3. The van der Waals surface area contributed by atoms with Crippen LogP contribution in [-0.2, 0) is 16.1 Å². The van der Waals surface area contributed by atoms with Crippen molar-refractivity contribution in [1.82, 2.24) is 10.2 Å². The molecule has 1 aromatic carbocycles. The van der Waals surface area contributed by atoms with Crippen molar-refractivity contribution in [1.29, 1.82) is 0 Å². The lowest BCUT2D eigenvalue weighted by Crippen LogP contribution is -2.36. The number of nitrogens with one attached hydrogen (secondary N) is 1. The highest BCUT2D eigenvalue weighted by Gasteiger charge is 2.30. The van der Waals surface area contributed by atoms with Gasteiger partial charge in [0.25, 0.3) is 0 Å². The van der Waals surface area contributed by atoms with Crippen LogP contribution in [0.25, 0.3) is 0 Å². The van der Waals surface area contributed by atoms with Crippen molar-refractivity contribution in [3.05, 3.63) is 35.4 Å². The lowest BCUT2D eigenvalue weighted by molar-refractivity contribution is -0.128. The Balaban J connectivity index is 1.95. The van der Waals surface area contributed by atoms with E-state index in [0.717, 1.165) is 5.56 Å². The standard InChI is InChI=1S/C15H18N2O4/c1-2-13(18)16-12-7-14(19)17(9-12)8-10-3-5-11(6-4-10)15(20)21/h3-6,12H,2,7-9H2,1H3,(H,16,18)(H,20,21). The summed E-state index contributed by atoms with van der Waals surface area (Å²) in [6.07, 6.45) is 0.723. The number of benzene rings is 1. The van der Waals surface area contributed by atoms with Gasteiger partial charge in [-0.3, -0.25) is 9.59 Å². The highest BCUT2D eigenvalue weighted by molar-refractivity contribution is 5.87. The fourth-order valence-corrected chi connectivity index (χ4v) is 2.32. The van der Waals surface area contributed by atoms with Crippen LogP contribution in [0, 0.1) is 0 Å². The summed E-state index contributed by atoms with van der Waals surface area (Å²) in [5.74, 6) is -1.03. The number of nitrogens with zero attached hydrogens (tertiary/aromatic N) is 1. The normalized spacial score (nSPS) is 17.9. The van der Waals surface area contributed by atoms with Crippen LogP contribution in [-0.4, -0.2) is 40.4 Å². The molecule has 1 fully saturated rings. The third kappa shape index (κ3) is 3.81. The minimum atomic E-state index is -0.971. The van der Waals surface area contributed by atoms with E-state index < -0.39 is 5.97 Å². The Bertz CT molecular complexity index is 553. The largest absolute Gasteiger partial charge is 0.478 e. The summed E-state index contributed by atoms with van der Waals surface area (Å²) < 4.78 is 0. The van der Waals surface area contributed by atoms with Gasteiger partial charge in [-0.1, -0.05) is 19.1 Å². The molecule has 0 radical (unpaired) electrons. The predicted molar refractivity (Wildman–Crippen MR) is 75.7 cm³/mol. The van der Waals surface area contributed by atoms with Gasteiger partial charge in [-0.25, -0.2) is 4.79 Å². The third-order valence-electron chi connectivity index (χ3n) is 3.48. The molecule has 1 aliphatic heterocycles. The maximum absolute atomic E-state index is 11.9. The Labute approximate surface area is 122 Å². The van der Waals surface area contributed by atoms with E-state index in [1.54, 1.807) is 24.0 Å². The number of likely N-dealkylation sites (tertiary alicyclic amines) is 1. The first kappa shape index (κ1) is 15.0. The molecule has 2 rings (SSSR count). The molecule has 112 valence electrons. The number of carboxylic acid groups (broad SMARTS) is 1. The van der Waals surface area contributed by atoms with Gasteiger partial charge < -0.3 is 15.3 Å². The Kier molecular flexibility index (Phi) is 4.57. The second-order valence-electron chi connectivity index (χ2n) is 5.10. The summed E-state index contributed by atoms with van der Waals surface area (Å²) in [6, 6.07) is 6.31. The first-order chi connectivity index (χ1) is 9.99. The molecule has 1 saturated heterocycles. The lowest BCUT2D eigenvalue weighted by Gasteiger charge is -2.17. The average Bonchev–Trinajstić information content (AvgIpc) is 2.79. The van der Waals surface area contributed by atoms with Gasteiger partial charge in [0, 0.05) is 25.9 Å². The van der Waals surface area contributed by atoms with Crippen molar-refractivity contribution in [3.63, 3.8) is 0 Å². The first-order valence-corrected chi connectivity index (χ1v) is 6.89. The molecule has 6 nitrogen and oxygen atoms in total. The van der Waals surface area contributed by atoms with Gasteiger partial charge >= 0.3 is 5.97 Å². The van der Waals surface area contributed by atoms with Crippen LogP contribution in [0.4, 0.5) is 0 Å². The monoisotopic (exact) mass is 290 g/mol. The Morgan fingerprint density at radius 1 is 1.33 bits per heavy atom. The van der Waals surface area contributed by atoms with E-state index in [9.17, 15) is 14.4 Å². The smallest absolute Gasteiger partial charge is 0.335 e. The molecular formula is C15H18N2O4. The van der Waals surface area contributed by atoms with Gasteiger partial charge in [-0.15, -0.1) is 0 Å². The molecule has 21 heavy (non-hydrogen) atoms. The second kappa shape index (κ2) is 6.39. The molecule has 0 bridgehead atoms. The van der Waals surface area contributed by atoms with E-state index in [0.29, 0.717) is 25.9 Å². The van der Waals surface area contributed by atoms with Gasteiger partial charge in [-0.05, 0) is 17.7 Å². The maximum Gasteiger partial charge on any atom is 0.335 e. The summed E-state index contributed by atoms with van der Waals surface area (Å²) in [5, 5.41) is 11.7. The van der Waals surface area contributed by atoms with Crippen molar-refractivity contribution < 1.29 is 19.5 Å². The van der Waals surface area contributed by atoms with Crippen LogP contribution in [0.1, 0.15) is 35.7 Å². The van der Waals surface area contributed by atoms with Crippen LogP contribution in [0.3, 0.4) is 0 Å². The van der Waals surface area contributed by atoms with Crippen LogP contribution in [0.5, 0.6) is 0 Å². The zero-order chi connectivity index (χ0) is 15.4. The molecule has 0 saturated carbocycles. The SMILES string of the molecule is CCC(=O)NC1CC(=O)N(Cc2ccc(C(=O)O)cc2)C1. The molecular weight excluding hydrogens is 272 g/mol. The highest BCUT2D eigenvalue weighted by Crippen LogP contribution is 2.16. The fraction of sp³-hybridized carbons (Fsp3) is 0.400. The quantitative estimate of drug-likeness (QED) is 0.847. The number of carboxylic acids is 1. The molecule has 1 atom stereocenters. The molecule has 6 heteroatoms.